The highest BCUT2D eigenvalue weighted by molar-refractivity contribution is 5.76. The molecule has 1 unspecified atom stereocenters. The van der Waals surface area contributed by atoms with Gasteiger partial charge >= 0.3 is 0 Å². The molecule has 1 aliphatic heterocycles. The highest BCUT2D eigenvalue weighted by Gasteiger charge is 2.16. The average molecular weight is 247 g/mol. The average Bonchev–Trinajstić information content (AvgIpc) is 2.56. The molecule has 1 fully saturated rings. The maximum atomic E-state index is 11.4. The Labute approximate surface area is 108 Å². The van der Waals surface area contributed by atoms with E-state index in [0.29, 0.717) is 12.5 Å². The number of aryl methyl sites for hydroxylation is 1. The molecule has 1 aliphatic rings. The van der Waals surface area contributed by atoms with E-state index in [1.54, 1.807) is 0 Å². The Bertz CT molecular complexity index is 406. The Morgan fingerprint density at radius 2 is 2.44 bits per heavy atom. The molecule has 4 heteroatoms. The summed E-state index contributed by atoms with van der Waals surface area (Å²) in [4.78, 5) is 15.5. The van der Waals surface area contributed by atoms with E-state index in [-0.39, 0.29) is 5.91 Å². The Hall–Kier alpha value is -1.42. The van der Waals surface area contributed by atoms with E-state index >= 15 is 0 Å². The monoisotopic (exact) mass is 247 g/mol. The third-order valence-corrected chi connectivity index (χ3v) is 3.45. The molecular weight excluding hydrogens is 226 g/mol. The second-order valence-corrected chi connectivity index (χ2v) is 4.90. The van der Waals surface area contributed by atoms with E-state index in [4.69, 9.17) is 0 Å². The van der Waals surface area contributed by atoms with Gasteiger partial charge in [-0.3, -0.25) is 9.78 Å². The molecule has 2 rings (SSSR count). The first kappa shape index (κ1) is 13.0. The van der Waals surface area contributed by atoms with Crippen LogP contribution in [-0.4, -0.2) is 30.0 Å². The van der Waals surface area contributed by atoms with Crippen LogP contribution in [0.2, 0.25) is 0 Å². The molecule has 0 bridgehead atoms. The van der Waals surface area contributed by atoms with Gasteiger partial charge in [-0.1, -0.05) is 0 Å². The van der Waals surface area contributed by atoms with Gasteiger partial charge in [0, 0.05) is 31.4 Å². The number of hydrogen-bond donors (Lipinski definition) is 2. The maximum Gasteiger partial charge on any atom is 0.221 e. The lowest BCUT2D eigenvalue weighted by molar-refractivity contribution is -0.121. The summed E-state index contributed by atoms with van der Waals surface area (Å²) in [7, 11) is 0. The molecule has 98 valence electrons. The van der Waals surface area contributed by atoms with Gasteiger partial charge in [0.15, 0.2) is 0 Å². The van der Waals surface area contributed by atoms with Crippen molar-refractivity contribution in [2.45, 2.75) is 38.6 Å². The van der Waals surface area contributed by atoms with E-state index in [1.807, 2.05) is 12.4 Å². The minimum atomic E-state index is 0.171. The Balaban J connectivity index is 1.78. The molecule has 0 radical (unpaired) electrons. The van der Waals surface area contributed by atoms with Gasteiger partial charge in [0.2, 0.25) is 5.91 Å². The summed E-state index contributed by atoms with van der Waals surface area (Å²) in [6.45, 7) is 3.82. The SMILES string of the molecule is Cc1cnccc1CCNC1CCCNC(=O)C1. The van der Waals surface area contributed by atoms with Gasteiger partial charge < -0.3 is 10.6 Å². The Morgan fingerprint density at radius 3 is 3.28 bits per heavy atom. The van der Waals surface area contributed by atoms with E-state index < -0.39 is 0 Å². The van der Waals surface area contributed by atoms with Gasteiger partial charge in [-0.2, -0.15) is 0 Å². The Morgan fingerprint density at radius 1 is 1.56 bits per heavy atom. The van der Waals surface area contributed by atoms with Crippen molar-refractivity contribution in [3.05, 3.63) is 29.6 Å². The summed E-state index contributed by atoms with van der Waals surface area (Å²) in [5, 5.41) is 6.39. The quantitative estimate of drug-likeness (QED) is 0.840. The van der Waals surface area contributed by atoms with Crippen LogP contribution < -0.4 is 10.6 Å². The first-order valence-corrected chi connectivity index (χ1v) is 6.65. The van der Waals surface area contributed by atoms with Crippen molar-refractivity contribution in [2.75, 3.05) is 13.1 Å². The zero-order valence-electron chi connectivity index (χ0n) is 10.9. The van der Waals surface area contributed by atoms with Crippen LogP contribution in [-0.2, 0) is 11.2 Å². The standard InChI is InChI=1S/C14H21N3O/c1-11-10-15-7-4-12(11)5-8-16-13-3-2-6-17-14(18)9-13/h4,7,10,13,16H,2-3,5-6,8-9H2,1H3,(H,17,18). The number of hydrogen-bond acceptors (Lipinski definition) is 3. The topological polar surface area (TPSA) is 54.0 Å². The van der Waals surface area contributed by atoms with Crippen molar-refractivity contribution in [1.82, 2.24) is 15.6 Å². The van der Waals surface area contributed by atoms with Gasteiger partial charge in [0.05, 0.1) is 0 Å². The van der Waals surface area contributed by atoms with Crippen molar-refractivity contribution in [1.29, 1.82) is 0 Å². The number of carbonyl (C=O) groups is 1. The normalized spacial score (nSPS) is 20.3. The van der Waals surface area contributed by atoms with Gasteiger partial charge in [0.25, 0.3) is 0 Å². The molecule has 1 aromatic heterocycles. The summed E-state index contributed by atoms with van der Waals surface area (Å²) in [5.74, 6) is 0.171. The molecule has 1 saturated heterocycles. The molecule has 0 aliphatic carbocycles. The molecule has 1 amide bonds. The zero-order chi connectivity index (χ0) is 12.8. The van der Waals surface area contributed by atoms with Gasteiger partial charge in [0.1, 0.15) is 0 Å². The summed E-state index contributed by atoms with van der Waals surface area (Å²) < 4.78 is 0. The smallest absolute Gasteiger partial charge is 0.221 e. The van der Waals surface area contributed by atoms with Crippen LogP contribution in [0, 0.1) is 6.92 Å². The van der Waals surface area contributed by atoms with Gasteiger partial charge in [-0.15, -0.1) is 0 Å². The molecule has 18 heavy (non-hydrogen) atoms. The van der Waals surface area contributed by atoms with E-state index in [0.717, 1.165) is 32.4 Å². The third kappa shape index (κ3) is 3.81. The number of aromatic nitrogens is 1. The molecule has 1 aromatic rings. The largest absolute Gasteiger partial charge is 0.356 e. The van der Waals surface area contributed by atoms with E-state index in [9.17, 15) is 4.79 Å². The fourth-order valence-electron chi connectivity index (χ4n) is 2.34. The van der Waals surface area contributed by atoms with Crippen LogP contribution in [0.1, 0.15) is 30.4 Å². The second-order valence-electron chi connectivity index (χ2n) is 4.90. The number of nitrogens with one attached hydrogen (secondary N) is 2. The van der Waals surface area contributed by atoms with Crippen molar-refractivity contribution >= 4 is 5.91 Å². The van der Waals surface area contributed by atoms with Crippen LogP contribution in [0.3, 0.4) is 0 Å². The minimum absolute atomic E-state index is 0.171. The molecule has 0 saturated carbocycles. The van der Waals surface area contributed by atoms with Crippen molar-refractivity contribution in [3.63, 3.8) is 0 Å². The molecule has 1 atom stereocenters. The highest BCUT2D eigenvalue weighted by atomic mass is 16.1. The van der Waals surface area contributed by atoms with Crippen molar-refractivity contribution < 1.29 is 4.79 Å². The lowest BCUT2D eigenvalue weighted by atomic mass is 10.1. The van der Waals surface area contributed by atoms with Crippen molar-refractivity contribution in [2.24, 2.45) is 0 Å². The summed E-state index contributed by atoms with van der Waals surface area (Å²) in [6.07, 6.45) is 7.48. The van der Waals surface area contributed by atoms with Gasteiger partial charge in [-0.05, 0) is 49.9 Å². The van der Waals surface area contributed by atoms with E-state index in [2.05, 4.69) is 28.6 Å². The first-order chi connectivity index (χ1) is 8.75. The number of rotatable bonds is 4. The van der Waals surface area contributed by atoms with Crippen LogP contribution in [0.25, 0.3) is 0 Å². The highest BCUT2D eigenvalue weighted by Crippen LogP contribution is 2.08. The minimum Gasteiger partial charge on any atom is -0.356 e. The second kappa shape index (κ2) is 6.50. The predicted octanol–water partition coefficient (Wildman–Crippen LogP) is 1.19. The number of amides is 1. The fraction of sp³-hybridized carbons (Fsp3) is 0.571. The first-order valence-electron chi connectivity index (χ1n) is 6.65. The molecule has 0 spiro atoms. The molecule has 2 heterocycles. The predicted molar refractivity (Wildman–Crippen MR) is 71.3 cm³/mol. The summed E-state index contributed by atoms with van der Waals surface area (Å²) >= 11 is 0. The Kier molecular flexibility index (Phi) is 4.70. The maximum absolute atomic E-state index is 11.4. The number of nitrogens with zero attached hydrogens (tertiary/aromatic N) is 1. The van der Waals surface area contributed by atoms with Crippen LogP contribution in [0.5, 0.6) is 0 Å². The lowest BCUT2D eigenvalue weighted by Gasteiger charge is -2.15. The molecule has 4 nitrogen and oxygen atoms in total. The van der Waals surface area contributed by atoms with Gasteiger partial charge in [-0.25, -0.2) is 0 Å². The summed E-state index contributed by atoms with van der Waals surface area (Å²) in [5.41, 5.74) is 2.56. The number of pyridine rings is 1. The molecular formula is C14H21N3O. The lowest BCUT2D eigenvalue weighted by Crippen LogP contribution is -2.33. The van der Waals surface area contributed by atoms with Crippen LogP contribution in [0.15, 0.2) is 18.5 Å². The van der Waals surface area contributed by atoms with Crippen LogP contribution >= 0.6 is 0 Å². The summed E-state index contributed by atoms with van der Waals surface area (Å²) in [6, 6.07) is 2.39. The van der Waals surface area contributed by atoms with Crippen LogP contribution in [0.4, 0.5) is 0 Å². The zero-order valence-corrected chi connectivity index (χ0v) is 10.9. The molecule has 2 N–H and O–H groups in total. The molecule has 0 aromatic carbocycles. The fourth-order valence-corrected chi connectivity index (χ4v) is 2.34. The third-order valence-electron chi connectivity index (χ3n) is 3.45. The number of carbonyl (C=O) groups excluding carboxylic acids is 1. The van der Waals surface area contributed by atoms with Crippen molar-refractivity contribution in [3.8, 4) is 0 Å². The van der Waals surface area contributed by atoms with E-state index in [1.165, 1.54) is 11.1 Å².